The van der Waals surface area contributed by atoms with Gasteiger partial charge in [-0.15, -0.1) is 0 Å². The maximum Gasteiger partial charge on any atom is 0.274 e. The minimum Gasteiger partial charge on any atom is -0.495 e. The first-order valence-electron chi connectivity index (χ1n) is 7.86. The third-order valence-corrected chi connectivity index (χ3v) is 3.87. The highest BCUT2D eigenvalue weighted by atomic mass is 35.5. The first-order valence-corrected chi connectivity index (χ1v) is 8.23. The molecule has 7 heteroatoms. The number of benzene rings is 2. The fourth-order valence-corrected chi connectivity index (χ4v) is 2.46. The van der Waals surface area contributed by atoms with Crippen LogP contribution in [-0.4, -0.2) is 23.0 Å². The van der Waals surface area contributed by atoms with Crippen molar-refractivity contribution in [1.29, 1.82) is 0 Å². The Labute approximate surface area is 156 Å². The second-order valence-corrected chi connectivity index (χ2v) is 6.01. The van der Waals surface area contributed by atoms with Crippen LogP contribution in [-0.2, 0) is 0 Å². The molecule has 1 heterocycles. The monoisotopic (exact) mass is 368 g/mol. The summed E-state index contributed by atoms with van der Waals surface area (Å²) < 4.78 is 5.34. The Morgan fingerprint density at radius 3 is 2.58 bits per heavy atom. The van der Waals surface area contributed by atoms with Gasteiger partial charge in [0.05, 0.1) is 12.8 Å². The van der Waals surface area contributed by atoms with Crippen molar-refractivity contribution in [3.63, 3.8) is 0 Å². The van der Waals surface area contributed by atoms with Gasteiger partial charge in [0.15, 0.2) is 0 Å². The van der Waals surface area contributed by atoms with Crippen LogP contribution >= 0.6 is 11.6 Å². The smallest absolute Gasteiger partial charge is 0.274 e. The second kappa shape index (κ2) is 7.84. The SMILES string of the molecule is COc1ccc(C)cc1Nc1cc(C(=O)Nc2ccc(Cl)cc2)ncn1. The molecule has 0 unspecified atom stereocenters. The molecule has 26 heavy (non-hydrogen) atoms. The van der Waals surface area contributed by atoms with E-state index in [4.69, 9.17) is 16.3 Å². The normalized spacial score (nSPS) is 10.3. The van der Waals surface area contributed by atoms with Crippen molar-refractivity contribution in [1.82, 2.24) is 9.97 Å². The maximum atomic E-state index is 12.4. The van der Waals surface area contributed by atoms with Crippen LogP contribution in [0.3, 0.4) is 0 Å². The highest BCUT2D eigenvalue weighted by Gasteiger charge is 2.11. The molecule has 0 fully saturated rings. The minimum atomic E-state index is -0.339. The third kappa shape index (κ3) is 4.29. The fraction of sp³-hybridized carbons (Fsp3) is 0.105. The fourth-order valence-electron chi connectivity index (χ4n) is 2.34. The lowest BCUT2D eigenvalue weighted by Gasteiger charge is -2.12. The standard InChI is InChI=1S/C19H17ClN4O2/c1-12-3-8-17(26-2)15(9-12)24-18-10-16(21-11-22-18)19(25)23-14-6-4-13(20)5-7-14/h3-11H,1-2H3,(H,23,25)(H,21,22,24). The summed E-state index contributed by atoms with van der Waals surface area (Å²) in [4.78, 5) is 20.6. The van der Waals surface area contributed by atoms with Crippen molar-refractivity contribution in [2.75, 3.05) is 17.7 Å². The number of hydrogen-bond acceptors (Lipinski definition) is 5. The molecule has 6 nitrogen and oxygen atoms in total. The molecule has 0 atom stereocenters. The molecule has 0 saturated heterocycles. The third-order valence-electron chi connectivity index (χ3n) is 3.62. The van der Waals surface area contributed by atoms with Gasteiger partial charge in [-0.2, -0.15) is 0 Å². The van der Waals surface area contributed by atoms with Crippen LogP contribution in [0.25, 0.3) is 0 Å². The van der Waals surface area contributed by atoms with E-state index in [9.17, 15) is 4.79 Å². The quantitative estimate of drug-likeness (QED) is 0.696. The van der Waals surface area contributed by atoms with Crippen molar-refractivity contribution in [2.45, 2.75) is 6.92 Å². The van der Waals surface area contributed by atoms with Crippen molar-refractivity contribution >= 4 is 34.7 Å². The zero-order chi connectivity index (χ0) is 18.5. The van der Waals surface area contributed by atoms with Crippen LogP contribution in [0.15, 0.2) is 54.9 Å². The van der Waals surface area contributed by atoms with Gasteiger partial charge >= 0.3 is 0 Å². The predicted octanol–water partition coefficient (Wildman–Crippen LogP) is 4.44. The lowest BCUT2D eigenvalue weighted by atomic mass is 10.2. The van der Waals surface area contributed by atoms with E-state index in [0.29, 0.717) is 22.3 Å². The number of amides is 1. The molecule has 0 spiro atoms. The van der Waals surface area contributed by atoms with E-state index < -0.39 is 0 Å². The molecular weight excluding hydrogens is 352 g/mol. The van der Waals surface area contributed by atoms with E-state index in [1.54, 1.807) is 37.4 Å². The Balaban J connectivity index is 1.79. The summed E-state index contributed by atoms with van der Waals surface area (Å²) in [6.45, 7) is 1.98. The molecule has 3 rings (SSSR count). The summed E-state index contributed by atoms with van der Waals surface area (Å²) in [5.41, 5.74) is 2.70. The number of carbonyl (C=O) groups is 1. The van der Waals surface area contributed by atoms with Crippen LogP contribution in [0.1, 0.15) is 16.1 Å². The Kier molecular flexibility index (Phi) is 5.34. The van der Waals surface area contributed by atoms with Gasteiger partial charge in [-0.05, 0) is 48.9 Å². The van der Waals surface area contributed by atoms with Crippen molar-refractivity contribution < 1.29 is 9.53 Å². The number of halogens is 1. The molecule has 0 saturated carbocycles. The van der Waals surface area contributed by atoms with E-state index in [0.717, 1.165) is 11.3 Å². The van der Waals surface area contributed by atoms with Crippen molar-refractivity contribution in [3.05, 3.63) is 71.1 Å². The van der Waals surface area contributed by atoms with Crippen LogP contribution in [0.4, 0.5) is 17.2 Å². The number of rotatable bonds is 5. The Bertz CT molecular complexity index is 929. The number of aryl methyl sites for hydroxylation is 1. The molecule has 1 amide bonds. The number of ether oxygens (including phenoxy) is 1. The van der Waals surface area contributed by atoms with Crippen LogP contribution in [0, 0.1) is 6.92 Å². The summed E-state index contributed by atoms with van der Waals surface area (Å²) >= 11 is 5.85. The van der Waals surface area contributed by atoms with E-state index >= 15 is 0 Å². The summed E-state index contributed by atoms with van der Waals surface area (Å²) in [7, 11) is 1.60. The van der Waals surface area contributed by atoms with Gasteiger partial charge in [0, 0.05) is 16.8 Å². The molecule has 0 radical (unpaired) electrons. The topological polar surface area (TPSA) is 76.1 Å². The minimum absolute atomic E-state index is 0.240. The molecule has 2 N–H and O–H groups in total. The molecule has 0 aliphatic carbocycles. The zero-order valence-electron chi connectivity index (χ0n) is 14.3. The number of hydrogen-bond donors (Lipinski definition) is 2. The molecule has 2 aromatic carbocycles. The van der Waals surface area contributed by atoms with Gasteiger partial charge in [0.2, 0.25) is 0 Å². The van der Waals surface area contributed by atoms with Gasteiger partial charge in [0.1, 0.15) is 23.6 Å². The molecule has 132 valence electrons. The van der Waals surface area contributed by atoms with E-state index in [-0.39, 0.29) is 11.6 Å². The van der Waals surface area contributed by atoms with Crippen LogP contribution < -0.4 is 15.4 Å². The van der Waals surface area contributed by atoms with E-state index in [1.807, 2.05) is 25.1 Å². The van der Waals surface area contributed by atoms with Gasteiger partial charge in [-0.1, -0.05) is 17.7 Å². The predicted molar refractivity (Wildman–Crippen MR) is 102 cm³/mol. The van der Waals surface area contributed by atoms with Crippen LogP contribution in [0.2, 0.25) is 5.02 Å². The molecular formula is C19H17ClN4O2. The summed E-state index contributed by atoms with van der Waals surface area (Å²) in [6, 6.07) is 14.2. The van der Waals surface area contributed by atoms with Gasteiger partial charge in [-0.3, -0.25) is 4.79 Å². The van der Waals surface area contributed by atoms with Gasteiger partial charge in [0.25, 0.3) is 5.91 Å². The Morgan fingerprint density at radius 2 is 1.85 bits per heavy atom. The lowest BCUT2D eigenvalue weighted by molar-refractivity contribution is 0.102. The lowest BCUT2D eigenvalue weighted by Crippen LogP contribution is -2.14. The molecule has 1 aromatic heterocycles. The second-order valence-electron chi connectivity index (χ2n) is 5.58. The largest absolute Gasteiger partial charge is 0.495 e. The van der Waals surface area contributed by atoms with Crippen LogP contribution in [0.5, 0.6) is 5.75 Å². The van der Waals surface area contributed by atoms with Crippen molar-refractivity contribution in [2.24, 2.45) is 0 Å². The number of carbonyl (C=O) groups excluding carboxylic acids is 1. The summed E-state index contributed by atoms with van der Waals surface area (Å²) in [6.07, 6.45) is 1.33. The number of nitrogens with zero attached hydrogens (tertiary/aromatic N) is 2. The van der Waals surface area contributed by atoms with E-state index in [1.165, 1.54) is 6.33 Å². The number of nitrogens with one attached hydrogen (secondary N) is 2. The summed E-state index contributed by atoms with van der Waals surface area (Å²) in [5, 5.41) is 6.53. The molecule has 0 aliphatic rings. The molecule has 0 bridgehead atoms. The Hall–Kier alpha value is -3.12. The number of anilines is 3. The van der Waals surface area contributed by atoms with E-state index in [2.05, 4.69) is 20.6 Å². The van der Waals surface area contributed by atoms with Crippen molar-refractivity contribution in [3.8, 4) is 5.75 Å². The maximum absolute atomic E-state index is 12.4. The average Bonchev–Trinajstić information content (AvgIpc) is 2.64. The van der Waals surface area contributed by atoms with Gasteiger partial charge in [-0.25, -0.2) is 9.97 Å². The first-order chi connectivity index (χ1) is 12.5. The summed E-state index contributed by atoms with van der Waals surface area (Å²) in [5.74, 6) is 0.834. The number of methoxy groups -OCH3 is 1. The molecule has 3 aromatic rings. The first kappa shape index (κ1) is 17.7. The highest BCUT2D eigenvalue weighted by Crippen LogP contribution is 2.28. The zero-order valence-corrected chi connectivity index (χ0v) is 15.0. The van der Waals surface area contributed by atoms with Gasteiger partial charge < -0.3 is 15.4 Å². The number of aromatic nitrogens is 2. The highest BCUT2D eigenvalue weighted by molar-refractivity contribution is 6.30. The molecule has 0 aliphatic heterocycles. The average molecular weight is 369 g/mol. The Morgan fingerprint density at radius 1 is 1.08 bits per heavy atom.